The number of benzene rings is 2. The average Bonchev–Trinajstić information content (AvgIpc) is 3.66. The Morgan fingerprint density at radius 1 is 1.03 bits per heavy atom. The molecular formula is C27H33FN2O2S. The molecule has 4 aliphatic rings. The number of alkyl halides is 1. The molecule has 1 spiro atoms. The number of sulfone groups is 1. The smallest absolute Gasteiger partial charge is 0.175 e. The van der Waals surface area contributed by atoms with Crippen molar-refractivity contribution >= 4 is 15.5 Å². The van der Waals surface area contributed by atoms with Crippen molar-refractivity contribution in [3.05, 3.63) is 60.2 Å². The predicted octanol–water partition coefficient (Wildman–Crippen LogP) is 4.87. The van der Waals surface area contributed by atoms with Gasteiger partial charge in [0.1, 0.15) is 5.67 Å². The van der Waals surface area contributed by atoms with Crippen molar-refractivity contribution < 1.29 is 12.8 Å². The summed E-state index contributed by atoms with van der Waals surface area (Å²) in [5, 5.41) is 0. The molecule has 0 amide bonds. The summed E-state index contributed by atoms with van der Waals surface area (Å²) in [4.78, 5) is 5.32. The van der Waals surface area contributed by atoms with E-state index < -0.39 is 15.5 Å². The summed E-state index contributed by atoms with van der Waals surface area (Å²) in [5.74, 6) is 1.04. The Balaban J connectivity index is 1.18. The van der Waals surface area contributed by atoms with Crippen LogP contribution in [0.4, 0.5) is 10.1 Å². The van der Waals surface area contributed by atoms with Crippen LogP contribution in [0.1, 0.15) is 43.7 Å². The van der Waals surface area contributed by atoms with Gasteiger partial charge in [0.25, 0.3) is 0 Å². The van der Waals surface area contributed by atoms with Crippen LogP contribution in [0.3, 0.4) is 0 Å². The molecule has 2 unspecified atom stereocenters. The zero-order valence-electron chi connectivity index (χ0n) is 19.3. The second-order valence-corrected chi connectivity index (χ2v) is 12.9. The average molecular weight is 469 g/mol. The number of rotatable bonds is 5. The van der Waals surface area contributed by atoms with Gasteiger partial charge in [-0.05, 0) is 61.8 Å². The first-order chi connectivity index (χ1) is 15.8. The van der Waals surface area contributed by atoms with Gasteiger partial charge in [-0.2, -0.15) is 0 Å². The molecule has 6 heteroatoms. The van der Waals surface area contributed by atoms with Crippen LogP contribution in [0.25, 0.3) is 0 Å². The lowest BCUT2D eigenvalue weighted by Crippen LogP contribution is -2.50. The molecule has 0 aromatic heterocycles. The van der Waals surface area contributed by atoms with Crippen LogP contribution in [0, 0.1) is 17.3 Å². The third-order valence-corrected chi connectivity index (χ3v) is 10.2. The number of hydrogen-bond donors (Lipinski definition) is 0. The van der Waals surface area contributed by atoms with Gasteiger partial charge < -0.3 is 4.90 Å². The quantitative estimate of drug-likeness (QED) is 0.628. The minimum absolute atomic E-state index is 0.0751. The summed E-state index contributed by atoms with van der Waals surface area (Å²) in [6.45, 7) is 3.73. The first-order valence-electron chi connectivity index (χ1n) is 12.3. The van der Waals surface area contributed by atoms with Crippen molar-refractivity contribution in [2.75, 3.05) is 37.3 Å². The molecule has 3 saturated carbocycles. The lowest BCUT2D eigenvalue weighted by molar-refractivity contribution is 0.0918. The van der Waals surface area contributed by atoms with E-state index in [9.17, 15) is 12.8 Å². The summed E-state index contributed by atoms with van der Waals surface area (Å²) < 4.78 is 38.7. The number of hydrogen-bond acceptors (Lipinski definition) is 4. The maximum absolute atomic E-state index is 14.5. The van der Waals surface area contributed by atoms with Gasteiger partial charge in [-0.15, -0.1) is 0 Å². The van der Waals surface area contributed by atoms with Crippen molar-refractivity contribution in [3.63, 3.8) is 0 Å². The fourth-order valence-electron chi connectivity index (χ4n) is 6.87. The molecule has 33 heavy (non-hydrogen) atoms. The maximum Gasteiger partial charge on any atom is 0.175 e. The van der Waals surface area contributed by atoms with E-state index in [1.807, 2.05) is 12.1 Å². The third-order valence-electron chi connectivity index (χ3n) is 9.08. The van der Waals surface area contributed by atoms with Crippen LogP contribution in [0.5, 0.6) is 0 Å². The standard InChI is InChI=1S/C27H33FN2O2S/c1-33(31,32)23-9-5-8-22(16-23)29-14-15-30(24(19-29)21-6-3-2-4-7-21)18-20-10-12-26(13-11-20)25-17-27(25,26)28/h2-9,16,20,24-25H,10-15,17-19H2,1H3/t20-,24-,25?,26+,27?/m1/s1. The molecule has 0 bridgehead atoms. The highest BCUT2D eigenvalue weighted by Crippen LogP contribution is 2.87. The van der Waals surface area contributed by atoms with Crippen molar-refractivity contribution in [2.24, 2.45) is 17.3 Å². The zero-order valence-corrected chi connectivity index (χ0v) is 20.1. The van der Waals surface area contributed by atoms with Gasteiger partial charge >= 0.3 is 0 Å². The largest absolute Gasteiger partial charge is 0.368 e. The van der Waals surface area contributed by atoms with Gasteiger partial charge in [0.05, 0.1) is 10.9 Å². The number of fused-ring (bicyclic) bond motifs is 3. The fraction of sp³-hybridized carbons (Fsp3) is 0.556. The van der Waals surface area contributed by atoms with Crippen LogP contribution in [0.2, 0.25) is 0 Å². The van der Waals surface area contributed by atoms with Gasteiger partial charge in [0.2, 0.25) is 0 Å². The van der Waals surface area contributed by atoms with E-state index in [-0.39, 0.29) is 11.5 Å². The van der Waals surface area contributed by atoms with Crippen LogP contribution < -0.4 is 4.90 Å². The fourth-order valence-corrected chi connectivity index (χ4v) is 7.53. The van der Waals surface area contributed by atoms with E-state index >= 15 is 0 Å². The molecule has 3 aliphatic carbocycles. The highest BCUT2D eigenvalue weighted by Gasteiger charge is 2.89. The summed E-state index contributed by atoms with van der Waals surface area (Å²) in [5.41, 5.74) is 1.58. The molecule has 176 valence electrons. The molecule has 1 heterocycles. The molecule has 4 fully saturated rings. The van der Waals surface area contributed by atoms with Crippen LogP contribution in [-0.2, 0) is 9.84 Å². The Kier molecular flexibility index (Phi) is 4.94. The van der Waals surface area contributed by atoms with E-state index in [1.54, 1.807) is 12.1 Å². The van der Waals surface area contributed by atoms with E-state index in [2.05, 4.69) is 40.1 Å². The molecule has 0 radical (unpaired) electrons. The lowest BCUT2D eigenvalue weighted by Gasteiger charge is -2.45. The number of anilines is 1. The van der Waals surface area contributed by atoms with Gasteiger partial charge in [-0.1, -0.05) is 36.4 Å². The Bertz CT molecular complexity index is 1150. The monoisotopic (exact) mass is 468 g/mol. The SMILES string of the molecule is CS(=O)(=O)c1cccc(N2CCN(C[C@H]3CC[C@@]4(CC3)C3CC34F)[C@@H](c3ccccc3)C2)c1. The van der Waals surface area contributed by atoms with Gasteiger partial charge in [0, 0.05) is 49.5 Å². The molecule has 6 rings (SSSR count). The Hall–Kier alpha value is -1.92. The van der Waals surface area contributed by atoms with Crippen molar-refractivity contribution in [2.45, 2.75) is 48.7 Å². The summed E-state index contributed by atoms with van der Waals surface area (Å²) in [6.07, 6.45) is 6.55. The number of piperazine rings is 1. The maximum atomic E-state index is 14.5. The first-order valence-corrected chi connectivity index (χ1v) is 14.2. The Labute approximate surface area is 196 Å². The van der Waals surface area contributed by atoms with E-state index in [0.29, 0.717) is 16.7 Å². The van der Waals surface area contributed by atoms with E-state index in [4.69, 9.17) is 0 Å². The van der Waals surface area contributed by atoms with Crippen LogP contribution in [-0.4, -0.2) is 51.4 Å². The lowest BCUT2D eigenvalue weighted by atomic mass is 9.73. The number of nitrogens with zero attached hydrogens (tertiary/aromatic N) is 2. The molecule has 0 N–H and O–H groups in total. The number of halogens is 1. The molecule has 2 aromatic rings. The first kappa shape index (κ1) is 21.6. The molecule has 3 atom stereocenters. The highest BCUT2D eigenvalue weighted by atomic mass is 32.2. The second-order valence-electron chi connectivity index (χ2n) is 10.9. The van der Waals surface area contributed by atoms with Crippen molar-refractivity contribution in [1.29, 1.82) is 0 Å². The predicted molar refractivity (Wildman–Crippen MR) is 129 cm³/mol. The Morgan fingerprint density at radius 3 is 2.39 bits per heavy atom. The van der Waals surface area contributed by atoms with Gasteiger partial charge in [-0.3, -0.25) is 4.90 Å². The van der Waals surface area contributed by atoms with Crippen molar-refractivity contribution in [3.8, 4) is 0 Å². The van der Waals surface area contributed by atoms with E-state index in [0.717, 1.165) is 64.0 Å². The van der Waals surface area contributed by atoms with Crippen molar-refractivity contribution in [1.82, 2.24) is 4.90 Å². The van der Waals surface area contributed by atoms with Crippen LogP contribution >= 0.6 is 0 Å². The third kappa shape index (κ3) is 3.61. The summed E-state index contributed by atoms with van der Waals surface area (Å²) >= 11 is 0. The molecular weight excluding hydrogens is 435 g/mol. The van der Waals surface area contributed by atoms with Gasteiger partial charge in [0.15, 0.2) is 9.84 Å². The minimum atomic E-state index is -3.23. The second kappa shape index (κ2) is 7.54. The molecule has 1 aliphatic heterocycles. The highest BCUT2D eigenvalue weighted by molar-refractivity contribution is 7.90. The van der Waals surface area contributed by atoms with Crippen LogP contribution in [0.15, 0.2) is 59.5 Å². The molecule has 2 aromatic carbocycles. The molecule has 1 saturated heterocycles. The summed E-state index contributed by atoms with van der Waals surface area (Å²) in [6, 6.07) is 18.3. The Morgan fingerprint density at radius 2 is 1.76 bits per heavy atom. The molecule has 4 nitrogen and oxygen atoms in total. The zero-order chi connectivity index (χ0) is 22.8. The van der Waals surface area contributed by atoms with Gasteiger partial charge in [-0.25, -0.2) is 12.8 Å². The minimum Gasteiger partial charge on any atom is -0.368 e. The topological polar surface area (TPSA) is 40.6 Å². The summed E-state index contributed by atoms with van der Waals surface area (Å²) in [7, 11) is -3.23. The normalized spacial score (nSPS) is 35.9. The van der Waals surface area contributed by atoms with E-state index in [1.165, 1.54) is 11.8 Å².